The minimum absolute atomic E-state index is 0.510. The van der Waals surface area contributed by atoms with Crippen molar-refractivity contribution in [1.29, 1.82) is 0 Å². The monoisotopic (exact) mass is 347 g/mol. The summed E-state index contributed by atoms with van der Waals surface area (Å²) in [6.45, 7) is 0. The number of rotatable bonds is 4. The zero-order chi connectivity index (χ0) is 16.4. The Hall–Kier alpha value is -2.05. The van der Waals surface area contributed by atoms with E-state index in [4.69, 9.17) is 21.1 Å². The number of thioether (sulfide) groups is 1. The molecule has 0 unspecified atom stereocenters. The van der Waals surface area contributed by atoms with Crippen LogP contribution in [0.4, 0.5) is 0 Å². The van der Waals surface area contributed by atoms with Crippen molar-refractivity contribution in [3.05, 3.63) is 35.6 Å². The first-order valence-electron chi connectivity index (χ1n) is 6.75. The molecule has 0 aliphatic carbocycles. The summed E-state index contributed by atoms with van der Waals surface area (Å²) >= 11 is 7.91. The van der Waals surface area contributed by atoms with Crippen LogP contribution in [-0.2, 0) is 0 Å². The lowest BCUT2D eigenvalue weighted by atomic mass is 10.1. The molecule has 3 aromatic rings. The molecule has 0 radical (unpaired) electrons. The maximum absolute atomic E-state index is 6.43. The Bertz CT molecular complexity index is 873. The molecule has 0 N–H and O–H groups in total. The molecule has 0 saturated heterocycles. The van der Waals surface area contributed by atoms with Gasteiger partial charge >= 0.3 is 0 Å². The number of hydrogen-bond donors (Lipinski definition) is 0. The second kappa shape index (κ2) is 6.60. The first kappa shape index (κ1) is 15.8. The van der Waals surface area contributed by atoms with E-state index in [-0.39, 0.29) is 0 Å². The zero-order valence-corrected chi connectivity index (χ0v) is 14.4. The lowest BCUT2D eigenvalue weighted by Crippen LogP contribution is -1.93. The number of ether oxygens (including phenoxy) is 2. The number of pyridine rings is 1. The molecular formula is C16H14ClN3O2S. The summed E-state index contributed by atoms with van der Waals surface area (Å²) in [5, 5.41) is 2.05. The summed E-state index contributed by atoms with van der Waals surface area (Å²) in [7, 11) is 3.17. The largest absolute Gasteiger partial charge is 0.497 e. The van der Waals surface area contributed by atoms with Gasteiger partial charge in [-0.05, 0) is 18.4 Å². The first-order valence-corrected chi connectivity index (χ1v) is 8.35. The van der Waals surface area contributed by atoms with Gasteiger partial charge in [-0.1, -0.05) is 23.4 Å². The Morgan fingerprint density at radius 1 is 1.04 bits per heavy atom. The highest BCUT2D eigenvalue weighted by Crippen LogP contribution is 2.39. The van der Waals surface area contributed by atoms with Crippen LogP contribution >= 0.6 is 23.4 Å². The zero-order valence-electron chi connectivity index (χ0n) is 12.8. The van der Waals surface area contributed by atoms with Gasteiger partial charge < -0.3 is 9.47 Å². The van der Waals surface area contributed by atoms with Gasteiger partial charge in [0, 0.05) is 35.0 Å². The summed E-state index contributed by atoms with van der Waals surface area (Å²) in [6.07, 6.45) is 5.42. The Kier molecular flexibility index (Phi) is 4.54. The number of fused-ring (bicyclic) bond motifs is 1. The third-order valence-electron chi connectivity index (χ3n) is 3.37. The molecule has 1 aromatic carbocycles. The van der Waals surface area contributed by atoms with E-state index in [1.54, 1.807) is 32.7 Å². The molecule has 23 heavy (non-hydrogen) atoms. The number of benzene rings is 1. The maximum atomic E-state index is 6.43. The number of hydrogen-bond acceptors (Lipinski definition) is 6. The Morgan fingerprint density at radius 2 is 1.87 bits per heavy atom. The molecule has 3 rings (SSSR count). The van der Waals surface area contributed by atoms with Gasteiger partial charge in [-0.3, -0.25) is 0 Å². The van der Waals surface area contributed by atoms with Crippen molar-refractivity contribution >= 4 is 34.4 Å². The van der Waals surface area contributed by atoms with E-state index in [1.807, 2.05) is 18.4 Å². The van der Waals surface area contributed by atoms with E-state index in [0.717, 1.165) is 16.5 Å². The molecule has 0 aliphatic heterocycles. The molecule has 0 spiro atoms. The fraction of sp³-hybridized carbons (Fsp3) is 0.188. The SMILES string of the molecule is COc1cc(OC)c(Cl)c(-c2cnc3nc(SC)ncc3c2)c1. The van der Waals surface area contributed by atoms with Crippen molar-refractivity contribution in [1.82, 2.24) is 15.0 Å². The highest BCUT2D eigenvalue weighted by atomic mass is 35.5. The molecule has 118 valence electrons. The van der Waals surface area contributed by atoms with E-state index in [0.29, 0.717) is 27.3 Å². The normalized spacial score (nSPS) is 10.8. The molecule has 2 heterocycles. The summed E-state index contributed by atoms with van der Waals surface area (Å²) in [5.74, 6) is 1.21. The topological polar surface area (TPSA) is 57.1 Å². The fourth-order valence-corrected chi connectivity index (χ4v) is 2.83. The summed E-state index contributed by atoms with van der Waals surface area (Å²) in [6, 6.07) is 5.55. The van der Waals surface area contributed by atoms with Gasteiger partial charge in [0.05, 0.1) is 19.2 Å². The van der Waals surface area contributed by atoms with Crippen LogP contribution in [0, 0.1) is 0 Å². The van der Waals surface area contributed by atoms with Crippen LogP contribution in [0.15, 0.2) is 35.7 Å². The van der Waals surface area contributed by atoms with Crippen molar-refractivity contribution in [3.63, 3.8) is 0 Å². The van der Waals surface area contributed by atoms with Gasteiger partial charge in [0.2, 0.25) is 0 Å². The van der Waals surface area contributed by atoms with Crippen molar-refractivity contribution in [2.45, 2.75) is 5.16 Å². The average molecular weight is 348 g/mol. The van der Waals surface area contributed by atoms with Crippen molar-refractivity contribution < 1.29 is 9.47 Å². The predicted octanol–water partition coefficient (Wildman–Crippen LogP) is 4.08. The Labute approximate surface area is 143 Å². The standard InChI is InChI=1S/C16H14ClN3O2S/c1-21-11-5-12(14(17)13(6-11)22-2)9-4-10-8-19-16(23-3)20-15(10)18-7-9/h4-8H,1-3H3. The van der Waals surface area contributed by atoms with Gasteiger partial charge in [0.25, 0.3) is 0 Å². The van der Waals surface area contributed by atoms with Crippen LogP contribution in [0.2, 0.25) is 5.02 Å². The lowest BCUT2D eigenvalue weighted by molar-refractivity contribution is 0.395. The van der Waals surface area contributed by atoms with Crippen LogP contribution in [0.5, 0.6) is 11.5 Å². The van der Waals surface area contributed by atoms with Crippen molar-refractivity contribution in [3.8, 4) is 22.6 Å². The number of halogens is 1. The molecule has 0 aliphatic rings. The number of nitrogens with zero attached hydrogens (tertiary/aromatic N) is 3. The second-order valence-corrected chi connectivity index (χ2v) is 5.84. The molecule has 0 saturated carbocycles. The first-order chi connectivity index (χ1) is 11.2. The Morgan fingerprint density at radius 3 is 2.57 bits per heavy atom. The second-order valence-electron chi connectivity index (χ2n) is 4.68. The number of aromatic nitrogens is 3. The molecule has 0 fully saturated rings. The highest BCUT2D eigenvalue weighted by molar-refractivity contribution is 7.98. The van der Waals surface area contributed by atoms with Crippen LogP contribution in [0.1, 0.15) is 0 Å². The van der Waals surface area contributed by atoms with Crippen LogP contribution in [0.25, 0.3) is 22.2 Å². The van der Waals surface area contributed by atoms with E-state index in [9.17, 15) is 0 Å². The van der Waals surface area contributed by atoms with Crippen LogP contribution < -0.4 is 9.47 Å². The highest BCUT2D eigenvalue weighted by Gasteiger charge is 2.13. The molecule has 0 bridgehead atoms. The van der Waals surface area contributed by atoms with Crippen LogP contribution in [0.3, 0.4) is 0 Å². The molecule has 0 amide bonds. The third kappa shape index (κ3) is 3.04. The van der Waals surface area contributed by atoms with Gasteiger partial charge in [-0.2, -0.15) is 0 Å². The van der Waals surface area contributed by atoms with E-state index < -0.39 is 0 Å². The summed E-state index contributed by atoms with van der Waals surface area (Å²) < 4.78 is 10.6. The van der Waals surface area contributed by atoms with Crippen molar-refractivity contribution in [2.24, 2.45) is 0 Å². The number of methoxy groups -OCH3 is 2. The maximum Gasteiger partial charge on any atom is 0.189 e. The quantitative estimate of drug-likeness (QED) is 0.523. The minimum Gasteiger partial charge on any atom is -0.497 e. The summed E-state index contributed by atoms with van der Waals surface area (Å²) in [4.78, 5) is 13.1. The third-order valence-corrected chi connectivity index (χ3v) is 4.32. The van der Waals surface area contributed by atoms with E-state index >= 15 is 0 Å². The molecule has 0 atom stereocenters. The molecule has 5 nitrogen and oxygen atoms in total. The average Bonchev–Trinajstić information content (AvgIpc) is 2.61. The van der Waals surface area contributed by atoms with Gasteiger partial charge in [-0.15, -0.1) is 0 Å². The van der Waals surface area contributed by atoms with Gasteiger partial charge in [0.1, 0.15) is 11.5 Å². The smallest absolute Gasteiger partial charge is 0.189 e. The lowest BCUT2D eigenvalue weighted by Gasteiger charge is -2.12. The summed E-state index contributed by atoms with van der Waals surface area (Å²) in [5.41, 5.74) is 2.28. The molecule has 2 aromatic heterocycles. The fourth-order valence-electron chi connectivity index (χ4n) is 2.20. The van der Waals surface area contributed by atoms with Gasteiger partial charge in [0.15, 0.2) is 10.8 Å². The predicted molar refractivity (Wildman–Crippen MR) is 92.7 cm³/mol. The molecule has 7 heteroatoms. The van der Waals surface area contributed by atoms with Crippen molar-refractivity contribution in [2.75, 3.05) is 20.5 Å². The van der Waals surface area contributed by atoms with E-state index in [1.165, 1.54) is 11.8 Å². The van der Waals surface area contributed by atoms with Crippen LogP contribution in [-0.4, -0.2) is 35.4 Å². The molecular weight excluding hydrogens is 334 g/mol. The van der Waals surface area contributed by atoms with Gasteiger partial charge in [-0.25, -0.2) is 15.0 Å². The minimum atomic E-state index is 0.510. The Balaban J connectivity index is 2.16. The van der Waals surface area contributed by atoms with E-state index in [2.05, 4.69) is 15.0 Å².